The lowest BCUT2D eigenvalue weighted by molar-refractivity contribution is 0.197. The molecule has 126 valence electrons. The number of anilines is 1. The van der Waals surface area contributed by atoms with Crippen molar-refractivity contribution in [2.45, 2.75) is 45.4 Å². The number of guanidine groups is 1. The number of benzene rings is 1. The molecule has 4 heteroatoms. The topological polar surface area (TPSA) is 53.6 Å². The maximum atomic E-state index is 6.10. The molecular weight excluding hydrogens is 284 g/mol. The Hall–Kier alpha value is -1.55. The van der Waals surface area contributed by atoms with Crippen LogP contribution in [0.2, 0.25) is 0 Å². The number of aryl methyl sites for hydroxylation is 1. The fourth-order valence-electron chi connectivity index (χ4n) is 3.67. The van der Waals surface area contributed by atoms with Crippen molar-refractivity contribution in [1.82, 2.24) is 4.90 Å². The van der Waals surface area contributed by atoms with E-state index in [-0.39, 0.29) is 0 Å². The van der Waals surface area contributed by atoms with Gasteiger partial charge in [-0.3, -0.25) is 4.99 Å². The first-order valence-electron chi connectivity index (χ1n) is 9.12. The molecule has 0 radical (unpaired) electrons. The van der Waals surface area contributed by atoms with Crippen molar-refractivity contribution in [1.29, 1.82) is 0 Å². The number of piperidine rings is 1. The Balaban J connectivity index is 1.52. The second-order valence-electron chi connectivity index (χ2n) is 7.07. The fraction of sp³-hybridized carbons (Fsp3) is 0.632. The summed E-state index contributed by atoms with van der Waals surface area (Å²) in [4.78, 5) is 7.02. The maximum absolute atomic E-state index is 6.10. The van der Waals surface area contributed by atoms with E-state index < -0.39 is 0 Å². The number of hydrogen-bond acceptors (Lipinski definition) is 2. The van der Waals surface area contributed by atoms with E-state index >= 15 is 0 Å². The van der Waals surface area contributed by atoms with Crippen LogP contribution >= 0.6 is 0 Å². The molecule has 1 aromatic carbocycles. The molecule has 0 atom stereocenters. The second kappa shape index (κ2) is 7.82. The highest BCUT2D eigenvalue weighted by atomic mass is 15.2. The lowest BCUT2D eigenvalue weighted by Crippen LogP contribution is -2.35. The smallest absolute Gasteiger partial charge is 0.193 e. The SMILES string of the molecule is CC1CCN(CCN=C(N)Nc2cccc3c2CCCC3)CC1. The minimum Gasteiger partial charge on any atom is -0.370 e. The first-order chi connectivity index (χ1) is 11.2. The summed E-state index contributed by atoms with van der Waals surface area (Å²) in [6.45, 7) is 6.55. The average molecular weight is 314 g/mol. The summed E-state index contributed by atoms with van der Waals surface area (Å²) >= 11 is 0. The Labute approximate surface area is 140 Å². The molecule has 1 saturated heterocycles. The molecule has 0 saturated carbocycles. The quantitative estimate of drug-likeness (QED) is 0.663. The number of fused-ring (bicyclic) bond motifs is 1. The lowest BCUT2D eigenvalue weighted by Gasteiger charge is -2.29. The van der Waals surface area contributed by atoms with Crippen molar-refractivity contribution < 1.29 is 0 Å². The minimum absolute atomic E-state index is 0.550. The van der Waals surface area contributed by atoms with E-state index in [4.69, 9.17) is 5.73 Å². The molecule has 3 N–H and O–H groups in total. The molecule has 1 aliphatic carbocycles. The molecule has 1 aromatic rings. The highest BCUT2D eigenvalue weighted by Gasteiger charge is 2.15. The highest BCUT2D eigenvalue weighted by Crippen LogP contribution is 2.27. The minimum atomic E-state index is 0.550. The Kier molecular flexibility index (Phi) is 5.55. The standard InChI is InChI=1S/C19H30N4/c1-15-9-12-23(13-10-15)14-11-21-19(20)22-18-8-4-6-16-5-2-3-7-17(16)18/h4,6,8,15H,2-3,5,7,9-14H2,1H3,(H3,20,21,22). The third-order valence-corrected chi connectivity index (χ3v) is 5.23. The molecule has 0 spiro atoms. The molecule has 0 aromatic heterocycles. The third kappa shape index (κ3) is 4.47. The van der Waals surface area contributed by atoms with Crippen LogP contribution in [0.4, 0.5) is 5.69 Å². The summed E-state index contributed by atoms with van der Waals surface area (Å²) in [6.07, 6.45) is 7.54. The molecular formula is C19H30N4. The van der Waals surface area contributed by atoms with Crippen LogP contribution in [0.5, 0.6) is 0 Å². The van der Waals surface area contributed by atoms with Crippen LogP contribution in [-0.4, -0.2) is 37.0 Å². The molecule has 23 heavy (non-hydrogen) atoms. The van der Waals surface area contributed by atoms with E-state index in [1.807, 2.05) is 0 Å². The van der Waals surface area contributed by atoms with Crippen molar-refractivity contribution in [3.63, 3.8) is 0 Å². The van der Waals surface area contributed by atoms with Gasteiger partial charge in [0.15, 0.2) is 5.96 Å². The largest absolute Gasteiger partial charge is 0.370 e. The van der Waals surface area contributed by atoms with Crippen LogP contribution in [0.15, 0.2) is 23.2 Å². The van der Waals surface area contributed by atoms with Gasteiger partial charge in [0.25, 0.3) is 0 Å². The summed E-state index contributed by atoms with van der Waals surface area (Å²) in [5.74, 6) is 1.43. The van der Waals surface area contributed by atoms with Crippen molar-refractivity contribution >= 4 is 11.6 Å². The summed E-state index contributed by atoms with van der Waals surface area (Å²) in [5.41, 5.74) is 10.1. The van der Waals surface area contributed by atoms with Gasteiger partial charge in [-0.2, -0.15) is 0 Å². The second-order valence-corrected chi connectivity index (χ2v) is 7.07. The summed E-state index contributed by atoms with van der Waals surface area (Å²) < 4.78 is 0. The zero-order valence-corrected chi connectivity index (χ0v) is 14.4. The van der Waals surface area contributed by atoms with Crippen LogP contribution in [-0.2, 0) is 12.8 Å². The van der Waals surface area contributed by atoms with Gasteiger partial charge in [-0.15, -0.1) is 0 Å². The monoisotopic (exact) mass is 314 g/mol. The summed E-state index contributed by atoms with van der Waals surface area (Å²) in [6, 6.07) is 6.48. The van der Waals surface area contributed by atoms with Gasteiger partial charge in [-0.25, -0.2) is 0 Å². The molecule has 0 bridgehead atoms. The fourth-order valence-corrected chi connectivity index (χ4v) is 3.67. The molecule has 3 rings (SSSR count). The van der Waals surface area contributed by atoms with E-state index in [2.05, 4.69) is 40.3 Å². The van der Waals surface area contributed by atoms with Gasteiger partial charge in [0.2, 0.25) is 0 Å². The number of nitrogens with one attached hydrogen (secondary N) is 1. The van der Waals surface area contributed by atoms with E-state index in [9.17, 15) is 0 Å². The van der Waals surface area contributed by atoms with Gasteiger partial charge in [0.1, 0.15) is 0 Å². The Morgan fingerprint density at radius 2 is 2.04 bits per heavy atom. The van der Waals surface area contributed by atoms with E-state index in [1.165, 1.54) is 56.3 Å². The lowest BCUT2D eigenvalue weighted by atomic mass is 9.90. The van der Waals surface area contributed by atoms with Crippen molar-refractivity contribution in [3.05, 3.63) is 29.3 Å². The van der Waals surface area contributed by atoms with Gasteiger partial charge in [-0.1, -0.05) is 19.1 Å². The van der Waals surface area contributed by atoms with Crippen molar-refractivity contribution in [2.75, 3.05) is 31.5 Å². The van der Waals surface area contributed by atoms with Crippen LogP contribution in [0.1, 0.15) is 43.7 Å². The van der Waals surface area contributed by atoms with Crippen LogP contribution in [0, 0.1) is 5.92 Å². The van der Waals surface area contributed by atoms with E-state index in [1.54, 1.807) is 0 Å². The molecule has 1 fully saturated rings. The third-order valence-electron chi connectivity index (χ3n) is 5.23. The molecule has 2 aliphatic rings. The first-order valence-corrected chi connectivity index (χ1v) is 9.12. The van der Waals surface area contributed by atoms with E-state index in [0.29, 0.717) is 5.96 Å². The molecule has 1 heterocycles. The Bertz CT molecular complexity index is 544. The predicted molar refractivity (Wildman–Crippen MR) is 98.0 cm³/mol. The predicted octanol–water partition coefficient (Wildman–Crippen LogP) is 3.02. The number of aliphatic imine (C=N–C) groups is 1. The normalized spacial score (nSPS) is 20.3. The molecule has 0 amide bonds. The zero-order valence-electron chi connectivity index (χ0n) is 14.4. The number of nitrogens with zero attached hydrogens (tertiary/aromatic N) is 2. The highest BCUT2D eigenvalue weighted by molar-refractivity contribution is 5.93. The molecule has 1 aliphatic heterocycles. The summed E-state index contributed by atoms with van der Waals surface area (Å²) in [5, 5.41) is 3.32. The van der Waals surface area contributed by atoms with E-state index in [0.717, 1.165) is 31.1 Å². The van der Waals surface area contributed by atoms with Crippen LogP contribution in [0.25, 0.3) is 0 Å². The van der Waals surface area contributed by atoms with Crippen molar-refractivity contribution in [2.24, 2.45) is 16.6 Å². The van der Waals surface area contributed by atoms with Gasteiger partial charge in [0.05, 0.1) is 6.54 Å². The van der Waals surface area contributed by atoms with Crippen molar-refractivity contribution in [3.8, 4) is 0 Å². The van der Waals surface area contributed by atoms with Gasteiger partial charge in [0, 0.05) is 12.2 Å². The number of likely N-dealkylation sites (tertiary alicyclic amines) is 1. The number of nitrogens with two attached hydrogens (primary N) is 1. The molecule has 4 nitrogen and oxygen atoms in total. The van der Waals surface area contributed by atoms with Gasteiger partial charge >= 0.3 is 0 Å². The van der Waals surface area contributed by atoms with Gasteiger partial charge < -0.3 is 16.0 Å². The maximum Gasteiger partial charge on any atom is 0.193 e. The summed E-state index contributed by atoms with van der Waals surface area (Å²) in [7, 11) is 0. The number of hydrogen-bond donors (Lipinski definition) is 2. The number of rotatable bonds is 4. The van der Waals surface area contributed by atoms with Gasteiger partial charge in [-0.05, 0) is 74.7 Å². The van der Waals surface area contributed by atoms with Crippen LogP contribution < -0.4 is 11.1 Å². The Morgan fingerprint density at radius 3 is 2.87 bits per heavy atom. The Morgan fingerprint density at radius 1 is 1.26 bits per heavy atom. The zero-order chi connectivity index (χ0) is 16.1. The van der Waals surface area contributed by atoms with Crippen LogP contribution in [0.3, 0.4) is 0 Å². The first kappa shape index (κ1) is 16.3. The molecule has 0 unspecified atom stereocenters. The average Bonchev–Trinajstić information content (AvgIpc) is 2.57.